The van der Waals surface area contributed by atoms with Crippen LogP contribution in [0.15, 0.2) is 12.2 Å². The van der Waals surface area contributed by atoms with E-state index in [1.54, 1.807) is 0 Å². The first kappa shape index (κ1) is 23.9. The number of aliphatic hydroxyl groups excluding tert-OH is 1. The summed E-state index contributed by atoms with van der Waals surface area (Å²) in [5.74, 6) is 1.79. The summed E-state index contributed by atoms with van der Waals surface area (Å²) in [5, 5.41) is 21.4. The summed E-state index contributed by atoms with van der Waals surface area (Å²) in [7, 11) is 0. The Balaban J connectivity index is 1.57. The van der Waals surface area contributed by atoms with E-state index < -0.39 is 11.4 Å². The first-order chi connectivity index (χ1) is 15.3. The van der Waals surface area contributed by atoms with Crippen molar-refractivity contribution in [1.82, 2.24) is 0 Å². The van der Waals surface area contributed by atoms with E-state index in [4.69, 9.17) is 0 Å². The van der Waals surface area contributed by atoms with Crippen molar-refractivity contribution in [1.29, 1.82) is 0 Å². The van der Waals surface area contributed by atoms with E-state index in [2.05, 4.69) is 48.1 Å². The van der Waals surface area contributed by atoms with Gasteiger partial charge in [-0.1, -0.05) is 46.8 Å². The van der Waals surface area contributed by atoms with Gasteiger partial charge in [0.15, 0.2) is 0 Å². The summed E-state index contributed by atoms with van der Waals surface area (Å²) >= 11 is 0. The highest BCUT2D eigenvalue weighted by molar-refractivity contribution is 5.76. The van der Waals surface area contributed by atoms with Crippen LogP contribution in [0.3, 0.4) is 0 Å². The SMILES string of the molecule is C=C(C)[C@@H]1CC[C@]2(C(=O)O)CC[C@]3(C)[C@H](CC[C@@H]4[C@@]5(C)CC[C@H](O)C(C)(C)[C@H]5CC[C@]43C)[C@@H]12. The second kappa shape index (κ2) is 7.11. The summed E-state index contributed by atoms with van der Waals surface area (Å²) in [5.41, 5.74) is 1.35. The zero-order valence-electron chi connectivity index (χ0n) is 22.0. The predicted octanol–water partition coefficient (Wildman–Crippen LogP) is 7.09. The Morgan fingerprint density at radius 3 is 2.15 bits per heavy atom. The third-order valence-electron chi connectivity index (χ3n) is 13.5. The van der Waals surface area contributed by atoms with Crippen molar-refractivity contribution in [3.05, 3.63) is 12.2 Å². The molecule has 0 aromatic heterocycles. The molecule has 0 heterocycles. The molecule has 0 aromatic rings. The average molecular weight is 457 g/mol. The van der Waals surface area contributed by atoms with Crippen molar-refractivity contribution in [2.45, 2.75) is 112 Å². The molecule has 5 saturated carbocycles. The van der Waals surface area contributed by atoms with Crippen molar-refractivity contribution in [2.24, 2.45) is 56.7 Å². The summed E-state index contributed by atoms with van der Waals surface area (Å²) in [6.07, 6.45) is 10.5. The van der Waals surface area contributed by atoms with Gasteiger partial charge in [-0.15, -0.1) is 0 Å². The van der Waals surface area contributed by atoms with Crippen molar-refractivity contribution in [3.8, 4) is 0 Å². The van der Waals surface area contributed by atoms with Gasteiger partial charge in [-0.05, 0) is 122 Å². The molecule has 5 fully saturated rings. The van der Waals surface area contributed by atoms with Crippen LogP contribution in [0.25, 0.3) is 0 Å². The minimum atomic E-state index is -0.538. The second-order valence-corrected chi connectivity index (χ2v) is 14.5. The lowest BCUT2D eigenvalue weighted by Crippen LogP contribution is -2.67. The van der Waals surface area contributed by atoms with Gasteiger partial charge in [-0.2, -0.15) is 0 Å². The van der Waals surface area contributed by atoms with Crippen LogP contribution in [0.1, 0.15) is 106 Å². The zero-order valence-corrected chi connectivity index (χ0v) is 22.0. The molecule has 0 bridgehead atoms. The normalized spacial score (nSPS) is 55.0. The molecule has 10 atom stereocenters. The van der Waals surface area contributed by atoms with E-state index in [0.717, 1.165) is 38.5 Å². The molecule has 0 unspecified atom stereocenters. The van der Waals surface area contributed by atoms with Gasteiger partial charge in [-0.25, -0.2) is 0 Å². The van der Waals surface area contributed by atoms with E-state index >= 15 is 0 Å². The molecule has 0 spiro atoms. The Morgan fingerprint density at radius 1 is 0.818 bits per heavy atom. The molecule has 3 heteroatoms. The van der Waals surface area contributed by atoms with Crippen LogP contribution in [0.4, 0.5) is 0 Å². The summed E-state index contributed by atoms with van der Waals surface area (Å²) in [6, 6.07) is 0. The zero-order chi connectivity index (χ0) is 24.2. The molecule has 0 saturated heterocycles. The highest BCUT2D eigenvalue weighted by Crippen LogP contribution is 2.77. The standard InChI is InChI=1S/C30H48O3/c1-18(2)19-10-15-30(25(32)33)17-16-28(6)20(24(19)30)8-9-22-27(5)13-12-23(31)26(3,4)21(27)11-14-29(22,28)7/h19-24,31H,1,8-17H2,2-7H3,(H,32,33)/t19-,20+,21+,22+,23-,24+,27-,28+,29+,30-/m0/s1. The van der Waals surface area contributed by atoms with Crippen molar-refractivity contribution in [3.63, 3.8) is 0 Å². The van der Waals surface area contributed by atoms with Gasteiger partial charge in [0.25, 0.3) is 0 Å². The lowest BCUT2D eigenvalue weighted by Gasteiger charge is -2.72. The van der Waals surface area contributed by atoms with Gasteiger partial charge < -0.3 is 10.2 Å². The Kier molecular flexibility index (Phi) is 5.15. The fourth-order valence-electron chi connectivity index (χ4n) is 11.5. The molecule has 0 amide bonds. The number of hydrogen-bond acceptors (Lipinski definition) is 2. The molecule has 5 aliphatic rings. The number of hydrogen-bond donors (Lipinski definition) is 2. The molecule has 2 N–H and O–H groups in total. The molecule has 0 aliphatic heterocycles. The molecule has 5 aliphatic carbocycles. The topological polar surface area (TPSA) is 57.5 Å². The van der Waals surface area contributed by atoms with Crippen LogP contribution >= 0.6 is 0 Å². The first-order valence-corrected chi connectivity index (χ1v) is 13.8. The smallest absolute Gasteiger partial charge is 0.309 e. The number of rotatable bonds is 2. The van der Waals surface area contributed by atoms with Gasteiger partial charge in [0.05, 0.1) is 11.5 Å². The number of carboxylic acids is 1. The number of carbonyl (C=O) groups is 1. The Labute approximate surface area is 201 Å². The van der Waals surface area contributed by atoms with E-state index in [9.17, 15) is 15.0 Å². The van der Waals surface area contributed by atoms with Crippen LogP contribution in [0, 0.1) is 56.7 Å². The lowest BCUT2D eigenvalue weighted by atomic mass is 9.32. The van der Waals surface area contributed by atoms with Gasteiger partial charge in [0.1, 0.15) is 0 Å². The van der Waals surface area contributed by atoms with Crippen LogP contribution < -0.4 is 0 Å². The molecule has 5 rings (SSSR count). The van der Waals surface area contributed by atoms with Gasteiger partial charge in [0.2, 0.25) is 0 Å². The fraction of sp³-hybridized carbons (Fsp3) is 0.900. The maximum atomic E-state index is 12.8. The number of aliphatic hydroxyl groups is 1. The van der Waals surface area contributed by atoms with Gasteiger partial charge >= 0.3 is 5.97 Å². The average Bonchev–Trinajstić information content (AvgIpc) is 3.13. The minimum Gasteiger partial charge on any atom is -0.481 e. The van der Waals surface area contributed by atoms with Crippen LogP contribution in [-0.2, 0) is 4.79 Å². The highest BCUT2D eigenvalue weighted by Gasteiger charge is 2.71. The van der Waals surface area contributed by atoms with Crippen molar-refractivity contribution < 1.29 is 15.0 Å². The predicted molar refractivity (Wildman–Crippen MR) is 133 cm³/mol. The third-order valence-corrected chi connectivity index (χ3v) is 13.5. The van der Waals surface area contributed by atoms with E-state index in [-0.39, 0.29) is 33.7 Å². The third kappa shape index (κ3) is 2.75. The van der Waals surface area contributed by atoms with Crippen LogP contribution in [0.2, 0.25) is 0 Å². The second-order valence-electron chi connectivity index (χ2n) is 14.5. The van der Waals surface area contributed by atoms with Crippen molar-refractivity contribution in [2.75, 3.05) is 0 Å². The number of aliphatic carboxylic acids is 1. The molecular formula is C30H48O3. The molecular weight excluding hydrogens is 408 g/mol. The van der Waals surface area contributed by atoms with Crippen molar-refractivity contribution >= 4 is 5.97 Å². The Morgan fingerprint density at radius 2 is 1.52 bits per heavy atom. The number of carboxylic acid groups (broad SMARTS) is 1. The number of fused-ring (bicyclic) bond motifs is 7. The number of allylic oxidation sites excluding steroid dienone is 1. The summed E-state index contributed by atoms with van der Waals surface area (Å²) < 4.78 is 0. The maximum absolute atomic E-state index is 12.8. The van der Waals surface area contributed by atoms with Crippen LogP contribution in [0.5, 0.6) is 0 Å². The van der Waals surface area contributed by atoms with Gasteiger partial charge in [0, 0.05) is 0 Å². The largest absolute Gasteiger partial charge is 0.481 e. The van der Waals surface area contributed by atoms with Gasteiger partial charge in [-0.3, -0.25) is 4.79 Å². The lowest BCUT2D eigenvalue weighted by molar-refractivity contribution is -0.248. The molecule has 0 radical (unpaired) electrons. The summed E-state index contributed by atoms with van der Waals surface area (Å²) in [4.78, 5) is 12.8. The first-order valence-electron chi connectivity index (χ1n) is 13.8. The molecule has 33 heavy (non-hydrogen) atoms. The van der Waals surface area contributed by atoms with E-state index in [0.29, 0.717) is 23.7 Å². The minimum absolute atomic E-state index is 0.0202. The monoisotopic (exact) mass is 456 g/mol. The Bertz CT molecular complexity index is 861. The van der Waals surface area contributed by atoms with Crippen LogP contribution in [-0.4, -0.2) is 22.3 Å². The summed E-state index contributed by atoms with van der Waals surface area (Å²) in [6.45, 7) is 18.8. The molecule has 3 nitrogen and oxygen atoms in total. The Hall–Kier alpha value is -0.830. The molecule has 0 aromatic carbocycles. The quantitative estimate of drug-likeness (QED) is 0.436. The van der Waals surface area contributed by atoms with E-state index in [1.165, 1.54) is 31.3 Å². The highest BCUT2D eigenvalue weighted by atomic mass is 16.4. The molecule has 186 valence electrons. The van der Waals surface area contributed by atoms with E-state index in [1.807, 2.05) is 0 Å². The fourth-order valence-corrected chi connectivity index (χ4v) is 11.5. The maximum Gasteiger partial charge on any atom is 0.309 e.